The van der Waals surface area contributed by atoms with Crippen molar-refractivity contribution >= 4 is 23.3 Å². The molecule has 1 aliphatic heterocycles. The highest BCUT2D eigenvalue weighted by Crippen LogP contribution is 2.34. The topological polar surface area (TPSA) is 59.6 Å². The van der Waals surface area contributed by atoms with Crippen LogP contribution in [0.5, 0.6) is 11.5 Å². The molecule has 24 heavy (non-hydrogen) atoms. The molecule has 5 nitrogen and oxygen atoms in total. The number of rotatable bonds is 3. The lowest BCUT2D eigenvalue weighted by Crippen LogP contribution is -2.43. The highest BCUT2D eigenvalue weighted by atomic mass is 35.5. The van der Waals surface area contributed by atoms with Gasteiger partial charge in [-0.3, -0.25) is 0 Å². The van der Waals surface area contributed by atoms with Crippen LogP contribution >= 0.6 is 11.6 Å². The number of nitrogens with one attached hydrogen (secondary N) is 2. The molecule has 0 aromatic heterocycles. The summed E-state index contributed by atoms with van der Waals surface area (Å²) in [7, 11) is 0. The zero-order valence-electron chi connectivity index (χ0n) is 13.6. The fraction of sp³-hybridized carbons (Fsp3) is 0.278. The maximum absolute atomic E-state index is 12.3. The Morgan fingerprint density at radius 1 is 1.04 bits per heavy atom. The molecule has 0 bridgehead atoms. The van der Waals surface area contributed by atoms with Crippen LogP contribution in [0.1, 0.15) is 19.4 Å². The van der Waals surface area contributed by atoms with Gasteiger partial charge in [0.2, 0.25) is 0 Å². The van der Waals surface area contributed by atoms with Gasteiger partial charge >= 0.3 is 6.03 Å². The van der Waals surface area contributed by atoms with Crippen LogP contribution < -0.4 is 20.1 Å². The summed E-state index contributed by atoms with van der Waals surface area (Å²) in [6, 6.07) is 12.3. The summed E-state index contributed by atoms with van der Waals surface area (Å²) < 4.78 is 11.1. The van der Waals surface area contributed by atoms with E-state index in [0.717, 1.165) is 11.3 Å². The van der Waals surface area contributed by atoms with Crippen molar-refractivity contribution in [3.63, 3.8) is 0 Å². The summed E-state index contributed by atoms with van der Waals surface area (Å²) in [5.74, 6) is 1.43. The molecule has 1 aliphatic rings. The van der Waals surface area contributed by atoms with Gasteiger partial charge in [0.05, 0.1) is 5.54 Å². The number of ether oxygens (including phenoxy) is 2. The number of anilines is 1. The van der Waals surface area contributed by atoms with Crippen LogP contribution in [-0.2, 0) is 5.54 Å². The zero-order valence-corrected chi connectivity index (χ0v) is 14.3. The Hall–Kier alpha value is -2.40. The van der Waals surface area contributed by atoms with Crippen molar-refractivity contribution in [2.75, 3.05) is 18.5 Å². The van der Waals surface area contributed by atoms with Gasteiger partial charge in [-0.25, -0.2) is 4.79 Å². The number of urea groups is 1. The molecule has 0 atom stereocenters. The van der Waals surface area contributed by atoms with Gasteiger partial charge in [-0.05, 0) is 55.8 Å². The molecule has 2 aromatic carbocycles. The Labute approximate surface area is 145 Å². The first-order valence-electron chi connectivity index (χ1n) is 7.69. The van der Waals surface area contributed by atoms with Crippen molar-refractivity contribution < 1.29 is 14.3 Å². The lowest BCUT2D eigenvalue weighted by molar-refractivity contribution is 0.171. The average Bonchev–Trinajstić information content (AvgIpc) is 2.56. The Kier molecular flexibility index (Phi) is 4.53. The summed E-state index contributed by atoms with van der Waals surface area (Å²) >= 11 is 5.84. The fourth-order valence-corrected chi connectivity index (χ4v) is 2.61. The minimum Gasteiger partial charge on any atom is -0.486 e. The van der Waals surface area contributed by atoms with Gasteiger partial charge in [-0.15, -0.1) is 0 Å². The third-order valence-electron chi connectivity index (χ3n) is 3.79. The molecule has 2 amide bonds. The lowest BCUT2D eigenvalue weighted by atomic mass is 9.94. The number of hydrogen-bond acceptors (Lipinski definition) is 3. The Balaban J connectivity index is 1.70. The first-order valence-corrected chi connectivity index (χ1v) is 8.07. The fourth-order valence-electron chi connectivity index (χ4n) is 2.48. The van der Waals surface area contributed by atoms with Crippen LogP contribution in [0.2, 0.25) is 5.02 Å². The largest absolute Gasteiger partial charge is 0.486 e. The quantitative estimate of drug-likeness (QED) is 0.877. The van der Waals surface area contributed by atoms with Gasteiger partial charge in [0.25, 0.3) is 0 Å². The van der Waals surface area contributed by atoms with Gasteiger partial charge in [-0.2, -0.15) is 0 Å². The van der Waals surface area contributed by atoms with E-state index in [1.807, 2.05) is 32.0 Å². The highest BCUT2D eigenvalue weighted by Gasteiger charge is 2.25. The summed E-state index contributed by atoms with van der Waals surface area (Å²) in [5.41, 5.74) is 1.03. The number of carbonyl (C=O) groups excluding carboxylic acids is 1. The van der Waals surface area contributed by atoms with Crippen LogP contribution in [0.15, 0.2) is 42.5 Å². The van der Waals surface area contributed by atoms with Crippen molar-refractivity contribution in [1.82, 2.24) is 5.32 Å². The number of benzene rings is 2. The van der Waals surface area contributed by atoms with Crippen molar-refractivity contribution in [3.05, 3.63) is 53.1 Å². The van der Waals surface area contributed by atoms with E-state index in [4.69, 9.17) is 21.1 Å². The molecule has 0 saturated heterocycles. The molecule has 2 N–H and O–H groups in total. The van der Waals surface area contributed by atoms with Gasteiger partial charge in [0.15, 0.2) is 11.5 Å². The van der Waals surface area contributed by atoms with Crippen LogP contribution in [0.4, 0.5) is 10.5 Å². The molecule has 0 spiro atoms. The summed E-state index contributed by atoms with van der Waals surface area (Å²) in [6.45, 7) is 4.94. The van der Waals surface area contributed by atoms with E-state index in [2.05, 4.69) is 10.6 Å². The Bertz CT molecular complexity index is 744. The summed E-state index contributed by atoms with van der Waals surface area (Å²) in [6.07, 6.45) is 0. The molecule has 6 heteroatoms. The first-order chi connectivity index (χ1) is 11.4. The average molecular weight is 347 g/mol. The smallest absolute Gasteiger partial charge is 0.319 e. The molecule has 0 unspecified atom stereocenters. The van der Waals surface area contributed by atoms with Gasteiger partial charge < -0.3 is 20.1 Å². The van der Waals surface area contributed by atoms with Crippen molar-refractivity contribution in [1.29, 1.82) is 0 Å². The number of amides is 2. The van der Waals surface area contributed by atoms with Gasteiger partial charge in [0, 0.05) is 10.7 Å². The molecule has 0 fully saturated rings. The third kappa shape index (κ3) is 3.74. The van der Waals surface area contributed by atoms with E-state index in [9.17, 15) is 4.79 Å². The molecule has 0 aliphatic carbocycles. The molecular weight excluding hydrogens is 328 g/mol. The van der Waals surface area contributed by atoms with E-state index >= 15 is 0 Å². The van der Waals surface area contributed by atoms with E-state index < -0.39 is 5.54 Å². The minimum absolute atomic E-state index is 0.294. The molecule has 0 saturated carbocycles. The maximum Gasteiger partial charge on any atom is 0.319 e. The second-order valence-corrected chi connectivity index (χ2v) is 6.51. The number of halogens is 1. The monoisotopic (exact) mass is 346 g/mol. The zero-order chi connectivity index (χ0) is 17.2. The van der Waals surface area contributed by atoms with Crippen molar-refractivity contribution in [2.24, 2.45) is 0 Å². The second kappa shape index (κ2) is 6.61. The maximum atomic E-state index is 12.3. The predicted molar refractivity (Wildman–Crippen MR) is 94.1 cm³/mol. The normalized spacial score (nSPS) is 13.3. The standard InChI is InChI=1S/C18H19ClN2O3/c1-18(2,12-3-8-15-16(11-12)24-10-9-23-15)21-17(22)20-14-6-4-13(19)5-7-14/h3-8,11H,9-10H2,1-2H3,(H2,20,21,22). The van der Waals surface area contributed by atoms with Crippen LogP contribution in [0, 0.1) is 0 Å². The summed E-state index contributed by atoms with van der Waals surface area (Å²) in [5, 5.41) is 6.38. The van der Waals surface area contributed by atoms with Crippen LogP contribution in [0.25, 0.3) is 0 Å². The van der Waals surface area contributed by atoms with E-state index in [0.29, 0.717) is 29.7 Å². The molecular formula is C18H19ClN2O3. The van der Waals surface area contributed by atoms with Gasteiger partial charge in [0.1, 0.15) is 13.2 Å². The number of carbonyl (C=O) groups is 1. The molecule has 0 radical (unpaired) electrons. The number of fused-ring (bicyclic) bond motifs is 1. The molecule has 2 aromatic rings. The van der Waals surface area contributed by atoms with Crippen LogP contribution in [-0.4, -0.2) is 19.2 Å². The number of hydrogen-bond donors (Lipinski definition) is 2. The predicted octanol–water partition coefficient (Wildman–Crippen LogP) is 4.17. The highest BCUT2D eigenvalue weighted by molar-refractivity contribution is 6.30. The summed E-state index contributed by atoms with van der Waals surface area (Å²) in [4.78, 5) is 12.3. The van der Waals surface area contributed by atoms with Crippen LogP contribution in [0.3, 0.4) is 0 Å². The molecule has 3 rings (SSSR count). The third-order valence-corrected chi connectivity index (χ3v) is 4.04. The minimum atomic E-state index is -0.577. The Morgan fingerprint density at radius 3 is 2.42 bits per heavy atom. The van der Waals surface area contributed by atoms with E-state index in [1.54, 1.807) is 24.3 Å². The van der Waals surface area contributed by atoms with E-state index in [-0.39, 0.29) is 6.03 Å². The Morgan fingerprint density at radius 2 is 1.71 bits per heavy atom. The molecule has 1 heterocycles. The molecule has 126 valence electrons. The van der Waals surface area contributed by atoms with Crippen molar-refractivity contribution in [2.45, 2.75) is 19.4 Å². The first kappa shape index (κ1) is 16.5. The SMILES string of the molecule is CC(C)(NC(=O)Nc1ccc(Cl)cc1)c1ccc2c(c1)OCCO2. The lowest BCUT2D eigenvalue weighted by Gasteiger charge is -2.28. The van der Waals surface area contributed by atoms with Gasteiger partial charge in [-0.1, -0.05) is 17.7 Å². The van der Waals surface area contributed by atoms with Crippen molar-refractivity contribution in [3.8, 4) is 11.5 Å². The van der Waals surface area contributed by atoms with E-state index in [1.165, 1.54) is 0 Å². The second-order valence-electron chi connectivity index (χ2n) is 6.07.